The summed E-state index contributed by atoms with van der Waals surface area (Å²) >= 11 is 5.76. The van der Waals surface area contributed by atoms with E-state index in [1.165, 1.54) is 0 Å². The van der Waals surface area contributed by atoms with Crippen LogP contribution in [0.3, 0.4) is 0 Å². The predicted molar refractivity (Wildman–Crippen MR) is 72.6 cm³/mol. The Hall–Kier alpha value is -1.06. The van der Waals surface area contributed by atoms with Crippen molar-refractivity contribution in [2.24, 2.45) is 0 Å². The first-order chi connectivity index (χ1) is 8.56. The average Bonchev–Trinajstić information content (AvgIpc) is 2.69. The molecule has 1 aromatic carbocycles. The first-order valence-electron chi connectivity index (χ1n) is 6.16. The molecule has 2 nitrogen and oxygen atoms in total. The molecule has 0 saturated carbocycles. The molecule has 1 heterocycles. The second-order valence-corrected chi connectivity index (χ2v) is 4.91. The van der Waals surface area contributed by atoms with Gasteiger partial charge in [-0.25, -0.2) is 4.39 Å². The zero-order valence-corrected chi connectivity index (χ0v) is 11.6. The lowest BCUT2D eigenvalue weighted by Crippen LogP contribution is -2.19. The van der Waals surface area contributed by atoms with E-state index in [4.69, 9.17) is 16.0 Å². The Bertz CT molecular complexity index is 564. The zero-order chi connectivity index (χ0) is 13.3. The number of rotatable bonds is 4. The van der Waals surface area contributed by atoms with Crippen LogP contribution in [0.2, 0.25) is 5.02 Å². The van der Waals surface area contributed by atoms with Gasteiger partial charge in [0.2, 0.25) is 0 Å². The van der Waals surface area contributed by atoms with Crippen LogP contribution < -0.4 is 5.32 Å². The summed E-state index contributed by atoms with van der Waals surface area (Å²) in [5.74, 6) is 0.297. The molecule has 0 bridgehead atoms. The molecule has 0 fully saturated rings. The van der Waals surface area contributed by atoms with Gasteiger partial charge in [0.1, 0.15) is 5.76 Å². The summed E-state index contributed by atoms with van der Waals surface area (Å²) in [6, 6.07) is 3.43. The highest BCUT2D eigenvalue weighted by molar-refractivity contribution is 6.31. The molecular formula is C14H17ClFNO. The number of furan rings is 1. The molecule has 0 aliphatic carbocycles. The maximum atomic E-state index is 13.9. The van der Waals surface area contributed by atoms with Gasteiger partial charge in [0.25, 0.3) is 0 Å². The Morgan fingerprint density at radius 2 is 2.17 bits per heavy atom. The Balaban J connectivity index is 2.47. The lowest BCUT2D eigenvalue weighted by atomic mass is 10.1. The van der Waals surface area contributed by atoms with Gasteiger partial charge in [0, 0.05) is 10.9 Å². The molecule has 18 heavy (non-hydrogen) atoms. The molecule has 2 aromatic rings. The number of hydrogen-bond acceptors (Lipinski definition) is 2. The second-order valence-electron chi connectivity index (χ2n) is 4.51. The minimum atomic E-state index is -0.480. The third kappa shape index (κ3) is 2.25. The van der Waals surface area contributed by atoms with Crippen LogP contribution in [0, 0.1) is 12.7 Å². The fourth-order valence-electron chi connectivity index (χ4n) is 2.11. The number of halogens is 2. The van der Waals surface area contributed by atoms with Gasteiger partial charge in [-0.3, -0.25) is 0 Å². The van der Waals surface area contributed by atoms with E-state index in [1.54, 1.807) is 12.1 Å². The molecule has 0 amide bonds. The number of fused-ring (bicyclic) bond motifs is 1. The Labute approximate surface area is 111 Å². The predicted octanol–water partition coefficient (Wildman–Crippen LogP) is 4.59. The third-order valence-corrected chi connectivity index (χ3v) is 3.42. The molecule has 1 atom stereocenters. The highest BCUT2D eigenvalue weighted by Gasteiger charge is 2.19. The molecule has 0 aliphatic rings. The van der Waals surface area contributed by atoms with E-state index >= 15 is 0 Å². The molecule has 0 aliphatic heterocycles. The van der Waals surface area contributed by atoms with Gasteiger partial charge in [-0.1, -0.05) is 18.5 Å². The van der Waals surface area contributed by atoms with Crippen LogP contribution in [0.15, 0.2) is 16.5 Å². The van der Waals surface area contributed by atoms with Gasteiger partial charge >= 0.3 is 0 Å². The summed E-state index contributed by atoms with van der Waals surface area (Å²) in [5, 5.41) is 4.22. The standard InChI is InChI=1S/C14H17ClFNO/c1-4-7-17-9(3)13-8(2)10-5-6-11(15)12(16)14(10)18-13/h5-6,9,17H,4,7H2,1-3H3. The summed E-state index contributed by atoms with van der Waals surface area (Å²) in [6.45, 7) is 6.96. The summed E-state index contributed by atoms with van der Waals surface area (Å²) < 4.78 is 19.5. The molecule has 1 unspecified atom stereocenters. The maximum absolute atomic E-state index is 13.9. The summed E-state index contributed by atoms with van der Waals surface area (Å²) in [6.07, 6.45) is 1.05. The highest BCUT2D eigenvalue weighted by atomic mass is 35.5. The SMILES string of the molecule is CCCNC(C)c1oc2c(F)c(Cl)ccc2c1C. The minimum absolute atomic E-state index is 0.0653. The molecule has 2 rings (SSSR count). The minimum Gasteiger partial charge on any atom is -0.456 e. The molecule has 1 N–H and O–H groups in total. The lowest BCUT2D eigenvalue weighted by Gasteiger charge is -2.11. The van der Waals surface area contributed by atoms with Gasteiger partial charge in [-0.2, -0.15) is 0 Å². The van der Waals surface area contributed by atoms with E-state index in [0.717, 1.165) is 29.7 Å². The fraction of sp³-hybridized carbons (Fsp3) is 0.429. The molecule has 98 valence electrons. The Morgan fingerprint density at radius 1 is 1.44 bits per heavy atom. The van der Waals surface area contributed by atoms with E-state index in [0.29, 0.717) is 0 Å². The molecule has 4 heteroatoms. The van der Waals surface area contributed by atoms with Crippen LogP contribution in [0.5, 0.6) is 0 Å². The molecule has 0 saturated heterocycles. The first-order valence-corrected chi connectivity index (χ1v) is 6.54. The smallest absolute Gasteiger partial charge is 0.184 e. The topological polar surface area (TPSA) is 25.2 Å². The van der Waals surface area contributed by atoms with Gasteiger partial charge in [0.15, 0.2) is 11.4 Å². The quantitative estimate of drug-likeness (QED) is 0.878. The van der Waals surface area contributed by atoms with Crippen molar-refractivity contribution in [2.45, 2.75) is 33.2 Å². The number of nitrogens with one attached hydrogen (secondary N) is 1. The maximum Gasteiger partial charge on any atom is 0.184 e. The average molecular weight is 270 g/mol. The molecule has 1 aromatic heterocycles. The van der Waals surface area contributed by atoms with Crippen molar-refractivity contribution in [2.75, 3.05) is 6.54 Å². The van der Waals surface area contributed by atoms with E-state index < -0.39 is 5.82 Å². The molecular weight excluding hydrogens is 253 g/mol. The summed E-state index contributed by atoms with van der Waals surface area (Å²) in [7, 11) is 0. The monoisotopic (exact) mass is 269 g/mol. The van der Waals surface area contributed by atoms with Crippen molar-refractivity contribution < 1.29 is 8.81 Å². The highest BCUT2D eigenvalue weighted by Crippen LogP contribution is 2.33. The van der Waals surface area contributed by atoms with E-state index in [2.05, 4.69) is 12.2 Å². The lowest BCUT2D eigenvalue weighted by molar-refractivity contribution is 0.440. The summed E-state index contributed by atoms with van der Waals surface area (Å²) in [4.78, 5) is 0. The first kappa shape index (κ1) is 13.4. The number of hydrogen-bond donors (Lipinski definition) is 1. The fourth-order valence-corrected chi connectivity index (χ4v) is 2.26. The van der Waals surface area contributed by atoms with Crippen LogP contribution in [-0.2, 0) is 0 Å². The second kappa shape index (κ2) is 5.29. The normalized spacial score (nSPS) is 13.2. The van der Waals surface area contributed by atoms with E-state index in [9.17, 15) is 4.39 Å². The van der Waals surface area contributed by atoms with Crippen molar-refractivity contribution >= 4 is 22.6 Å². The van der Waals surface area contributed by atoms with E-state index in [1.807, 2.05) is 13.8 Å². The van der Waals surface area contributed by atoms with Crippen molar-refractivity contribution in [3.63, 3.8) is 0 Å². The van der Waals surface area contributed by atoms with Crippen LogP contribution in [-0.4, -0.2) is 6.54 Å². The van der Waals surface area contributed by atoms with Crippen LogP contribution >= 0.6 is 11.6 Å². The van der Waals surface area contributed by atoms with Crippen molar-refractivity contribution in [3.05, 3.63) is 34.3 Å². The van der Waals surface area contributed by atoms with Gasteiger partial charge in [-0.05, 0) is 38.9 Å². The number of aryl methyl sites for hydroxylation is 1. The third-order valence-electron chi connectivity index (χ3n) is 3.13. The van der Waals surface area contributed by atoms with Crippen molar-refractivity contribution in [3.8, 4) is 0 Å². The summed E-state index contributed by atoms with van der Waals surface area (Å²) in [5.41, 5.74) is 1.22. The zero-order valence-electron chi connectivity index (χ0n) is 10.8. The van der Waals surface area contributed by atoms with Crippen molar-refractivity contribution in [1.29, 1.82) is 0 Å². The largest absolute Gasteiger partial charge is 0.456 e. The Kier molecular flexibility index (Phi) is 3.93. The van der Waals surface area contributed by atoms with Crippen molar-refractivity contribution in [1.82, 2.24) is 5.32 Å². The molecule has 0 radical (unpaired) electrons. The van der Waals surface area contributed by atoms with Crippen LogP contribution in [0.1, 0.15) is 37.6 Å². The van der Waals surface area contributed by atoms with Crippen LogP contribution in [0.25, 0.3) is 11.0 Å². The van der Waals surface area contributed by atoms with Gasteiger partial charge < -0.3 is 9.73 Å². The van der Waals surface area contributed by atoms with E-state index in [-0.39, 0.29) is 16.6 Å². The van der Waals surface area contributed by atoms with Crippen LogP contribution in [0.4, 0.5) is 4.39 Å². The molecule has 0 spiro atoms. The Morgan fingerprint density at radius 3 is 2.83 bits per heavy atom. The number of benzene rings is 1. The van der Waals surface area contributed by atoms with Gasteiger partial charge in [0.05, 0.1) is 11.1 Å². The van der Waals surface area contributed by atoms with Gasteiger partial charge in [-0.15, -0.1) is 0 Å².